The van der Waals surface area contributed by atoms with Crippen molar-refractivity contribution < 1.29 is 24.2 Å². The van der Waals surface area contributed by atoms with Gasteiger partial charge in [-0.15, -0.1) is 0 Å². The summed E-state index contributed by atoms with van der Waals surface area (Å²) in [7, 11) is 0. The van der Waals surface area contributed by atoms with Crippen molar-refractivity contribution in [3.8, 4) is 6.07 Å². The molecule has 0 amide bonds. The molecule has 2 saturated heterocycles. The highest BCUT2D eigenvalue weighted by atomic mass is 16.6. The summed E-state index contributed by atoms with van der Waals surface area (Å²) < 4.78 is 10.1. The Balaban J connectivity index is 1.37. The Bertz CT molecular complexity index is 1250. The second kappa shape index (κ2) is 10.6. The zero-order chi connectivity index (χ0) is 24.8. The largest absolute Gasteiger partial charge is 0.486 e. The van der Waals surface area contributed by atoms with Crippen LogP contribution in [-0.2, 0) is 19.1 Å². The van der Waals surface area contributed by atoms with Crippen LogP contribution in [0.15, 0.2) is 59.8 Å². The topological polar surface area (TPSA) is 111 Å². The molecule has 0 bridgehead atoms. The summed E-state index contributed by atoms with van der Waals surface area (Å²) in [5.41, 5.74) is 3.01. The van der Waals surface area contributed by atoms with Gasteiger partial charge in [-0.25, -0.2) is 9.64 Å². The molecule has 1 atom stereocenters. The number of nitrogens with zero attached hydrogens (tertiary/aromatic N) is 4. The molecule has 176 valence electrons. The van der Waals surface area contributed by atoms with E-state index in [2.05, 4.69) is 14.6 Å². The number of hydrogen-bond donors (Lipinski definition) is 1. The molecule has 9 nitrogen and oxygen atoms in total. The number of esters is 1. The molecule has 9 heteroatoms. The van der Waals surface area contributed by atoms with Gasteiger partial charge in [0, 0.05) is 24.5 Å². The number of carboxylic acid groups (broad SMARTS) is 1. The number of aliphatic carboxylic acids is 1. The molecule has 0 aliphatic carbocycles. The second-order valence-electron chi connectivity index (χ2n) is 8.02. The van der Waals surface area contributed by atoms with Crippen LogP contribution < -0.4 is 9.80 Å². The Hall–Kier alpha value is -4.60. The van der Waals surface area contributed by atoms with Crippen molar-refractivity contribution in [1.29, 1.82) is 5.26 Å². The maximum atomic E-state index is 12.1. The van der Waals surface area contributed by atoms with Gasteiger partial charge in [0.1, 0.15) is 24.4 Å². The molecular weight excluding hydrogens is 448 g/mol. The van der Waals surface area contributed by atoms with Crippen molar-refractivity contribution in [2.24, 2.45) is 0 Å². The van der Waals surface area contributed by atoms with Crippen LogP contribution in [-0.4, -0.2) is 56.1 Å². The van der Waals surface area contributed by atoms with Crippen molar-refractivity contribution in [3.05, 3.63) is 82.3 Å². The van der Waals surface area contributed by atoms with Gasteiger partial charge in [0.15, 0.2) is 0 Å². The molecule has 0 saturated carbocycles. The predicted octanol–water partition coefficient (Wildman–Crippen LogP) is 3.16. The highest BCUT2D eigenvalue weighted by Crippen LogP contribution is 2.25. The third kappa shape index (κ3) is 6.05. The van der Waals surface area contributed by atoms with Gasteiger partial charge in [0.2, 0.25) is 0 Å². The van der Waals surface area contributed by atoms with E-state index in [1.54, 1.807) is 12.1 Å². The fourth-order valence-corrected chi connectivity index (χ4v) is 3.59. The van der Waals surface area contributed by atoms with E-state index >= 15 is 0 Å². The van der Waals surface area contributed by atoms with Gasteiger partial charge in [0.05, 0.1) is 19.8 Å². The number of rotatable bonds is 8. The highest BCUT2D eigenvalue weighted by molar-refractivity contribution is 5.98. The minimum absolute atomic E-state index is 0.0533. The summed E-state index contributed by atoms with van der Waals surface area (Å²) in [5, 5.41) is 18.3. The number of anilines is 2. The van der Waals surface area contributed by atoms with Crippen molar-refractivity contribution in [2.45, 2.75) is 6.10 Å². The number of ether oxygens (including phenoxy) is 2. The number of nitriles is 1. The molecule has 1 unspecified atom stereocenters. The molecule has 2 aliphatic heterocycles. The SMILES string of the molecule is [C-]#[N+]/C(=C\c1ccc(N2CCN(c3ccc(/C=C(\C#N)C(=O)OCC4CO4)cc3)C2)cc1)C(=O)O. The van der Waals surface area contributed by atoms with E-state index in [9.17, 15) is 14.9 Å². The summed E-state index contributed by atoms with van der Waals surface area (Å²) >= 11 is 0. The van der Waals surface area contributed by atoms with Gasteiger partial charge in [-0.2, -0.15) is 5.26 Å². The summed E-state index contributed by atoms with van der Waals surface area (Å²) in [6.45, 7) is 9.99. The maximum Gasteiger partial charge on any atom is 0.348 e. The van der Waals surface area contributed by atoms with Crippen molar-refractivity contribution in [2.75, 3.05) is 42.8 Å². The van der Waals surface area contributed by atoms with Gasteiger partial charge in [-0.05, 0) is 47.5 Å². The number of hydrogen-bond acceptors (Lipinski definition) is 7. The highest BCUT2D eigenvalue weighted by Gasteiger charge is 2.25. The minimum atomic E-state index is -1.24. The Kier molecular flexibility index (Phi) is 7.10. The molecular formula is C26H22N4O5. The lowest BCUT2D eigenvalue weighted by atomic mass is 10.1. The van der Waals surface area contributed by atoms with Gasteiger partial charge in [0.25, 0.3) is 5.70 Å². The van der Waals surface area contributed by atoms with Crippen molar-refractivity contribution >= 4 is 35.5 Å². The smallest absolute Gasteiger partial charge is 0.348 e. The monoisotopic (exact) mass is 470 g/mol. The molecule has 2 fully saturated rings. The molecule has 2 aromatic carbocycles. The van der Waals surface area contributed by atoms with E-state index in [4.69, 9.17) is 21.2 Å². The van der Waals surface area contributed by atoms with E-state index in [1.165, 1.54) is 12.2 Å². The van der Waals surface area contributed by atoms with E-state index in [0.717, 1.165) is 30.0 Å². The second-order valence-corrected chi connectivity index (χ2v) is 8.02. The van der Waals surface area contributed by atoms with Crippen molar-refractivity contribution in [1.82, 2.24) is 0 Å². The Morgan fingerprint density at radius 3 is 2.09 bits per heavy atom. The van der Waals surface area contributed by atoms with Crippen LogP contribution >= 0.6 is 0 Å². The number of epoxide rings is 1. The Morgan fingerprint density at radius 1 is 1.09 bits per heavy atom. The molecule has 2 heterocycles. The zero-order valence-corrected chi connectivity index (χ0v) is 18.8. The minimum Gasteiger partial charge on any atom is -0.486 e. The van der Waals surface area contributed by atoms with E-state index in [-0.39, 0.29) is 24.0 Å². The third-order valence-corrected chi connectivity index (χ3v) is 5.59. The number of carboxylic acids is 1. The van der Waals surface area contributed by atoms with Crippen LogP contribution in [0.3, 0.4) is 0 Å². The van der Waals surface area contributed by atoms with Crippen molar-refractivity contribution in [3.63, 3.8) is 0 Å². The first-order valence-corrected chi connectivity index (χ1v) is 10.9. The number of benzene rings is 2. The predicted molar refractivity (Wildman–Crippen MR) is 129 cm³/mol. The lowest BCUT2D eigenvalue weighted by Crippen LogP contribution is -2.24. The Morgan fingerprint density at radius 2 is 1.63 bits per heavy atom. The number of carbonyl (C=O) groups is 2. The molecule has 2 aromatic rings. The fourth-order valence-electron chi connectivity index (χ4n) is 3.59. The standard InChI is InChI=1S/C26H22N4O5/c1-28-24(25(31)32)13-19-4-8-22(9-5-19)30-11-10-29(17-30)21-6-2-18(3-7-21)12-20(14-27)26(33)35-16-23-15-34-23/h2-9,12-13,23H,10-11,15-17H2,(H,31,32)/b20-12+,24-13-. The fraction of sp³-hybridized carbons (Fsp3) is 0.231. The average molecular weight is 470 g/mol. The molecule has 0 radical (unpaired) electrons. The van der Waals surface area contributed by atoms with Crippen LogP contribution in [0.25, 0.3) is 17.0 Å². The van der Waals surface area contributed by atoms with E-state index in [1.807, 2.05) is 42.5 Å². The summed E-state index contributed by atoms with van der Waals surface area (Å²) in [5.74, 6) is -1.90. The zero-order valence-electron chi connectivity index (χ0n) is 18.8. The maximum absolute atomic E-state index is 12.1. The summed E-state index contributed by atoms with van der Waals surface area (Å²) in [6, 6.07) is 16.9. The lowest BCUT2D eigenvalue weighted by Gasteiger charge is -2.21. The first kappa shape index (κ1) is 23.6. The summed E-state index contributed by atoms with van der Waals surface area (Å²) in [6.07, 6.45) is 2.81. The molecule has 1 N–H and O–H groups in total. The lowest BCUT2D eigenvalue weighted by molar-refractivity contribution is -0.139. The van der Waals surface area contributed by atoms with Gasteiger partial charge >= 0.3 is 11.9 Å². The summed E-state index contributed by atoms with van der Waals surface area (Å²) in [4.78, 5) is 30.5. The normalized spacial score (nSPS) is 17.5. The quantitative estimate of drug-likeness (QED) is 0.206. The third-order valence-electron chi connectivity index (χ3n) is 5.59. The molecule has 2 aliphatic rings. The molecule has 35 heavy (non-hydrogen) atoms. The van der Waals surface area contributed by atoms with Crippen LogP contribution in [0, 0.1) is 17.9 Å². The first-order chi connectivity index (χ1) is 17.0. The molecule has 4 rings (SSSR count). The van der Waals surface area contributed by atoms with E-state index in [0.29, 0.717) is 18.8 Å². The molecule has 0 aromatic heterocycles. The molecule has 0 spiro atoms. The average Bonchev–Trinajstić information content (AvgIpc) is 3.58. The first-order valence-electron chi connectivity index (χ1n) is 10.9. The van der Waals surface area contributed by atoms with Gasteiger partial charge < -0.3 is 24.4 Å². The van der Waals surface area contributed by atoms with Gasteiger partial charge in [-0.1, -0.05) is 24.3 Å². The van der Waals surface area contributed by atoms with Crippen LogP contribution in [0.5, 0.6) is 0 Å². The van der Waals surface area contributed by atoms with E-state index < -0.39 is 11.9 Å². The Labute approximate surface area is 202 Å². The number of carbonyl (C=O) groups excluding carboxylic acids is 1. The van der Waals surface area contributed by atoms with Gasteiger partial charge in [-0.3, -0.25) is 4.79 Å². The van der Waals surface area contributed by atoms with Crippen LogP contribution in [0.2, 0.25) is 0 Å². The van der Waals surface area contributed by atoms with Crippen LogP contribution in [0.4, 0.5) is 11.4 Å². The van der Waals surface area contributed by atoms with Crippen LogP contribution in [0.1, 0.15) is 11.1 Å².